The van der Waals surface area contributed by atoms with Crippen molar-refractivity contribution in [3.05, 3.63) is 28.8 Å². The van der Waals surface area contributed by atoms with Crippen molar-refractivity contribution >= 4 is 40.4 Å². The van der Waals surface area contributed by atoms with Crippen LogP contribution < -0.4 is 11.1 Å². The summed E-state index contributed by atoms with van der Waals surface area (Å²) in [5, 5.41) is 3.18. The van der Waals surface area contributed by atoms with Gasteiger partial charge in [-0.1, -0.05) is 29.9 Å². The van der Waals surface area contributed by atoms with E-state index in [0.29, 0.717) is 35.7 Å². The first-order chi connectivity index (χ1) is 8.54. The summed E-state index contributed by atoms with van der Waals surface area (Å²) in [4.78, 5) is 11.9. The number of methoxy groups -OCH3 is 1. The lowest BCUT2D eigenvalue weighted by Crippen LogP contribution is -2.14. The maximum atomic E-state index is 11.6. The minimum Gasteiger partial charge on any atom is -0.389 e. The monoisotopic (exact) mass is 286 g/mol. The third kappa shape index (κ3) is 4.60. The average molecular weight is 287 g/mol. The van der Waals surface area contributed by atoms with Crippen molar-refractivity contribution in [2.75, 3.05) is 19.0 Å². The predicted molar refractivity (Wildman–Crippen MR) is 77.1 cm³/mol. The number of thiocarbonyl (C=S) groups is 1. The molecule has 0 heterocycles. The van der Waals surface area contributed by atoms with Gasteiger partial charge in [0.2, 0.25) is 5.91 Å². The molecule has 1 rings (SSSR count). The Morgan fingerprint density at radius 2 is 2.28 bits per heavy atom. The molecule has 0 atom stereocenters. The van der Waals surface area contributed by atoms with Crippen LogP contribution in [0.15, 0.2) is 18.2 Å². The molecule has 1 amide bonds. The average Bonchev–Trinajstić information content (AvgIpc) is 2.32. The second-order valence-electron chi connectivity index (χ2n) is 3.70. The van der Waals surface area contributed by atoms with Crippen LogP contribution in [0, 0.1) is 0 Å². The van der Waals surface area contributed by atoms with E-state index in [2.05, 4.69) is 5.32 Å². The summed E-state index contributed by atoms with van der Waals surface area (Å²) in [5.41, 5.74) is 6.71. The zero-order valence-electron chi connectivity index (χ0n) is 10.0. The first-order valence-electron chi connectivity index (χ1n) is 5.42. The number of halogens is 1. The summed E-state index contributed by atoms with van der Waals surface area (Å²) >= 11 is 10.9. The number of anilines is 1. The maximum absolute atomic E-state index is 11.6. The highest BCUT2D eigenvalue weighted by atomic mass is 35.5. The number of nitrogens with one attached hydrogen (secondary N) is 1. The fourth-order valence-corrected chi connectivity index (χ4v) is 1.66. The SMILES string of the molecule is COCCCC(=O)Nc1cc(C(N)=S)ccc1Cl. The second-order valence-corrected chi connectivity index (χ2v) is 4.55. The normalized spacial score (nSPS) is 10.1. The quantitative estimate of drug-likeness (QED) is 0.622. The molecular weight excluding hydrogens is 272 g/mol. The van der Waals surface area contributed by atoms with Gasteiger partial charge in [0.05, 0.1) is 10.7 Å². The molecule has 0 spiro atoms. The molecule has 1 aromatic rings. The van der Waals surface area contributed by atoms with E-state index in [9.17, 15) is 4.79 Å². The Morgan fingerprint density at radius 3 is 2.89 bits per heavy atom. The molecular formula is C12H15ClN2O2S. The van der Waals surface area contributed by atoms with Crippen LogP contribution >= 0.6 is 23.8 Å². The Kier molecular flexibility index (Phi) is 6.04. The van der Waals surface area contributed by atoms with Crippen LogP contribution in [0.1, 0.15) is 18.4 Å². The third-order valence-electron chi connectivity index (χ3n) is 2.28. The molecule has 1 aromatic carbocycles. The van der Waals surface area contributed by atoms with Crippen molar-refractivity contribution in [1.82, 2.24) is 0 Å². The second kappa shape index (κ2) is 7.31. The lowest BCUT2D eigenvalue weighted by Gasteiger charge is -2.09. The van der Waals surface area contributed by atoms with E-state index >= 15 is 0 Å². The van der Waals surface area contributed by atoms with Crippen molar-refractivity contribution in [3.8, 4) is 0 Å². The largest absolute Gasteiger partial charge is 0.389 e. The van der Waals surface area contributed by atoms with E-state index in [4.69, 9.17) is 34.3 Å². The molecule has 0 aliphatic rings. The van der Waals surface area contributed by atoms with Crippen LogP contribution in [0.25, 0.3) is 0 Å². The van der Waals surface area contributed by atoms with Gasteiger partial charge in [-0.15, -0.1) is 0 Å². The Morgan fingerprint density at radius 1 is 1.56 bits per heavy atom. The highest BCUT2D eigenvalue weighted by Gasteiger charge is 2.07. The number of nitrogens with two attached hydrogens (primary N) is 1. The van der Waals surface area contributed by atoms with Crippen molar-refractivity contribution in [2.24, 2.45) is 5.73 Å². The lowest BCUT2D eigenvalue weighted by atomic mass is 10.2. The van der Waals surface area contributed by atoms with Crippen LogP contribution in [0.3, 0.4) is 0 Å². The summed E-state index contributed by atoms with van der Waals surface area (Å²) in [7, 11) is 1.60. The molecule has 6 heteroatoms. The van der Waals surface area contributed by atoms with E-state index in [-0.39, 0.29) is 10.9 Å². The summed E-state index contributed by atoms with van der Waals surface area (Å²) in [6.07, 6.45) is 1.04. The minimum absolute atomic E-state index is 0.117. The zero-order chi connectivity index (χ0) is 13.5. The number of carbonyl (C=O) groups excluding carboxylic acids is 1. The molecule has 3 N–H and O–H groups in total. The van der Waals surface area contributed by atoms with Gasteiger partial charge in [-0.05, 0) is 18.6 Å². The third-order valence-corrected chi connectivity index (χ3v) is 2.84. The van der Waals surface area contributed by atoms with E-state index in [1.165, 1.54) is 0 Å². The molecule has 0 saturated carbocycles. The van der Waals surface area contributed by atoms with Gasteiger partial charge in [-0.3, -0.25) is 4.79 Å². The smallest absolute Gasteiger partial charge is 0.224 e. The Hall–Kier alpha value is -1.17. The molecule has 0 fully saturated rings. The van der Waals surface area contributed by atoms with Crippen molar-refractivity contribution in [2.45, 2.75) is 12.8 Å². The van der Waals surface area contributed by atoms with Crippen molar-refractivity contribution in [1.29, 1.82) is 0 Å². The number of rotatable bonds is 6. The predicted octanol–water partition coefficient (Wildman–Crippen LogP) is 2.34. The molecule has 0 unspecified atom stereocenters. The van der Waals surface area contributed by atoms with Gasteiger partial charge in [-0.25, -0.2) is 0 Å². The van der Waals surface area contributed by atoms with Crippen molar-refractivity contribution in [3.63, 3.8) is 0 Å². The van der Waals surface area contributed by atoms with E-state index < -0.39 is 0 Å². The van der Waals surface area contributed by atoms with Gasteiger partial charge < -0.3 is 15.8 Å². The fraction of sp³-hybridized carbons (Fsp3) is 0.333. The van der Waals surface area contributed by atoms with Gasteiger partial charge in [0.25, 0.3) is 0 Å². The van der Waals surface area contributed by atoms with E-state index in [0.717, 1.165) is 0 Å². The van der Waals surface area contributed by atoms with E-state index in [1.54, 1.807) is 25.3 Å². The van der Waals surface area contributed by atoms with Crippen molar-refractivity contribution < 1.29 is 9.53 Å². The number of amides is 1. The zero-order valence-corrected chi connectivity index (χ0v) is 11.6. The standard InChI is InChI=1S/C12H15ClN2O2S/c1-17-6-2-3-11(16)15-10-7-8(12(14)18)4-5-9(10)13/h4-5,7H,2-3,6H2,1H3,(H2,14,18)(H,15,16). The highest BCUT2D eigenvalue weighted by molar-refractivity contribution is 7.80. The van der Waals surface area contributed by atoms with Crippen LogP contribution in [0.4, 0.5) is 5.69 Å². The first-order valence-corrected chi connectivity index (χ1v) is 6.21. The summed E-state index contributed by atoms with van der Waals surface area (Å²) in [6, 6.07) is 5.03. The molecule has 18 heavy (non-hydrogen) atoms. The summed E-state index contributed by atoms with van der Waals surface area (Å²) in [6.45, 7) is 0.550. The molecule has 0 aromatic heterocycles. The highest BCUT2D eigenvalue weighted by Crippen LogP contribution is 2.23. The van der Waals surface area contributed by atoms with Crippen LogP contribution in [0.2, 0.25) is 5.02 Å². The fourth-order valence-electron chi connectivity index (χ4n) is 1.36. The molecule has 4 nitrogen and oxygen atoms in total. The van der Waals surface area contributed by atoms with Gasteiger partial charge in [0.1, 0.15) is 4.99 Å². The molecule has 0 bridgehead atoms. The molecule has 0 aliphatic heterocycles. The molecule has 0 saturated heterocycles. The van der Waals surface area contributed by atoms with Crippen LogP contribution in [-0.4, -0.2) is 24.6 Å². The summed E-state index contributed by atoms with van der Waals surface area (Å²) in [5.74, 6) is -0.117. The molecule has 0 aliphatic carbocycles. The molecule has 98 valence electrons. The minimum atomic E-state index is -0.117. The summed E-state index contributed by atoms with van der Waals surface area (Å²) < 4.78 is 4.88. The van der Waals surface area contributed by atoms with Gasteiger partial charge in [-0.2, -0.15) is 0 Å². The number of hydrogen-bond donors (Lipinski definition) is 2. The maximum Gasteiger partial charge on any atom is 0.224 e. The Labute approximate surface area is 116 Å². The number of hydrogen-bond acceptors (Lipinski definition) is 3. The van der Waals surface area contributed by atoms with Crippen LogP contribution in [-0.2, 0) is 9.53 Å². The molecule has 0 radical (unpaired) electrons. The van der Waals surface area contributed by atoms with Crippen LogP contribution in [0.5, 0.6) is 0 Å². The number of carbonyl (C=O) groups is 1. The Balaban J connectivity index is 2.68. The Bertz CT molecular complexity index is 452. The number of ether oxygens (including phenoxy) is 1. The number of benzene rings is 1. The van der Waals surface area contributed by atoms with Gasteiger partial charge >= 0.3 is 0 Å². The van der Waals surface area contributed by atoms with Gasteiger partial charge in [0.15, 0.2) is 0 Å². The lowest BCUT2D eigenvalue weighted by molar-refractivity contribution is -0.116. The van der Waals surface area contributed by atoms with Gasteiger partial charge in [0, 0.05) is 25.7 Å². The van der Waals surface area contributed by atoms with E-state index in [1.807, 2.05) is 0 Å². The topological polar surface area (TPSA) is 64.3 Å². The first kappa shape index (κ1) is 14.9.